The summed E-state index contributed by atoms with van der Waals surface area (Å²) in [6, 6.07) is 14.7. The molecule has 1 aliphatic heterocycles. The molecule has 1 aliphatic rings. The molecule has 1 atom stereocenters. The smallest absolute Gasteiger partial charge is 0.251 e. The molecule has 0 aromatic heterocycles. The van der Waals surface area contributed by atoms with Crippen molar-refractivity contribution in [3.05, 3.63) is 59.7 Å². The van der Waals surface area contributed by atoms with E-state index in [9.17, 15) is 9.59 Å². The van der Waals surface area contributed by atoms with Gasteiger partial charge >= 0.3 is 0 Å². The van der Waals surface area contributed by atoms with Crippen molar-refractivity contribution in [2.24, 2.45) is 10.9 Å². The highest BCUT2D eigenvalue weighted by Gasteiger charge is 2.38. The second-order valence-corrected chi connectivity index (χ2v) is 6.17. The minimum atomic E-state index is -1.02. The van der Waals surface area contributed by atoms with Gasteiger partial charge in [0.15, 0.2) is 11.0 Å². The number of hydrogen-bond acceptors (Lipinski definition) is 4. The molecular weight excluding hydrogens is 334 g/mol. The van der Waals surface area contributed by atoms with Crippen LogP contribution in [0.4, 0.5) is 11.4 Å². The molecular formula is C19H17N3O2S. The van der Waals surface area contributed by atoms with Crippen molar-refractivity contribution in [3.63, 3.8) is 0 Å². The molecule has 1 N–H and O–H groups in total. The lowest BCUT2D eigenvalue weighted by atomic mass is 10.1. The SMILES string of the molecule is Cc1cccc(N=C[C@@H]2C(=O)NC(=S)N(c3ccccc3)C2=O)c1C. The molecule has 2 amide bonds. The van der Waals surface area contributed by atoms with Gasteiger partial charge in [-0.2, -0.15) is 0 Å². The van der Waals surface area contributed by atoms with Gasteiger partial charge in [-0.3, -0.25) is 19.5 Å². The predicted octanol–water partition coefficient (Wildman–Crippen LogP) is 3.07. The summed E-state index contributed by atoms with van der Waals surface area (Å²) >= 11 is 5.16. The second-order valence-electron chi connectivity index (χ2n) is 5.78. The van der Waals surface area contributed by atoms with Crippen molar-refractivity contribution in [3.8, 4) is 0 Å². The molecule has 3 rings (SSSR count). The van der Waals surface area contributed by atoms with E-state index in [0.29, 0.717) is 5.69 Å². The first kappa shape index (κ1) is 17.0. The van der Waals surface area contributed by atoms with E-state index < -0.39 is 17.7 Å². The predicted molar refractivity (Wildman–Crippen MR) is 102 cm³/mol. The van der Waals surface area contributed by atoms with Crippen LogP contribution in [0.15, 0.2) is 53.5 Å². The van der Waals surface area contributed by atoms with Crippen LogP contribution in [0, 0.1) is 19.8 Å². The molecule has 126 valence electrons. The summed E-state index contributed by atoms with van der Waals surface area (Å²) in [5.74, 6) is -1.89. The van der Waals surface area contributed by atoms with E-state index in [1.807, 2.05) is 38.1 Å². The van der Waals surface area contributed by atoms with Gasteiger partial charge in [-0.15, -0.1) is 0 Å². The molecule has 5 nitrogen and oxygen atoms in total. The Labute approximate surface area is 151 Å². The first-order valence-electron chi connectivity index (χ1n) is 7.83. The molecule has 0 radical (unpaired) electrons. The number of nitrogens with zero attached hydrogens (tertiary/aromatic N) is 2. The van der Waals surface area contributed by atoms with E-state index in [0.717, 1.165) is 16.8 Å². The van der Waals surface area contributed by atoms with Crippen LogP contribution in [0.5, 0.6) is 0 Å². The number of carbonyl (C=O) groups is 2. The Morgan fingerprint density at radius 2 is 1.80 bits per heavy atom. The van der Waals surface area contributed by atoms with Crippen LogP contribution in [-0.2, 0) is 9.59 Å². The first-order chi connectivity index (χ1) is 12.0. The number of hydrogen-bond donors (Lipinski definition) is 1. The summed E-state index contributed by atoms with van der Waals surface area (Å²) in [5.41, 5.74) is 3.46. The Balaban J connectivity index is 1.91. The highest BCUT2D eigenvalue weighted by molar-refractivity contribution is 7.80. The molecule has 6 heteroatoms. The number of benzene rings is 2. The van der Waals surface area contributed by atoms with Gasteiger partial charge in [-0.05, 0) is 55.4 Å². The highest BCUT2D eigenvalue weighted by atomic mass is 32.1. The molecule has 0 unspecified atom stereocenters. The number of aryl methyl sites for hydroxylation is 1. The molecule has 1 saturated heterocycles. The van der Waals surface area contributed by atoms with Crippen LogP contribution in [0.1, 0.15) is 11.1 Å². The third kappa shape index (κ3) is 3.34. The third-order valence-electron chi connectivity index (χ3n) is 4.16. The fourth-order valence-corrected chi connectivity index (χ4v) is 2.87. The Morgan fingerprint density at radius 3 is 2.52 bits per heavy atom. The quantitative estimate of drug-likeness (QED) is 0.525. The maximum atomic E-state index is 12.8. The van der Waals surface area contributed by atoms with Crippen molar-refractivity contribution in [2.75, 3.05) is 4.90 Å². The van der Waals surface area contributed by atoms with Crippen LogP contribution in [0.3, 0.4) is 0 Å². The van der Waals surface area contributed by atoms with E-state index in [2.05, 4.69) is 10.3 Å². The van der Waals surface area contributed by atoms with Crippen molar-refractivity contribution < 1.29 is 9.59 Å². The molecule has 0 saturated carbocycles. The molecule has 25 heavy (non-hydrogen) atoms. The second kappa shape index (κ2) is 6.94. The number of nitrogens with one attached hydrogen (secondary N) is 1. The molecule has 0 bridgehead atoms. The van der Waals surface area contributed by atoms with E-state index in [4.69, 9.17) is 12.2 Å². The minimum absolute atomic E-state index is 0.0811. The largest absolute Gasteiger partial charge is 0.301 e. The number of aliphatic imine (C=N–C) groups is 1. The van der Waals surface area contributed by atoms with Crippen molar-refractivity contribution in [1.82, 2.24) is 5.32 Å². The molecule has 2 aromatic rings. The summed E-state index contributed by atoms with van der Waals surface area (Å²) < 4.78 is 0. The van der Waals surface area contributed by atoms with Gasteiger partial charge < -0.3 is 5.32 Å². The normalized spacial score (nSPS) is 17.9. The van der Waals surface area contributed by atoms with E-state index >= 15 is 0 Å². The first-order valence-corrected chi connectivity index (χ1v) is 8.24. The van der Waals surface area contributed by atoms with E-state index in [1.165, 1.54) is 11.1 Å². The zero-order chi connectivity index (χ0) is 18.0. The lowest BCUT2D eigenvalue weighted by Crippen LogP contribution is -2.58. The van der Waals surface area contributed by atoms with Gasteiger partial charge in [-0.25, -0.2) is 0 Å². The maximum absolute atomic E-state index is 12.8. The molecule has 1 fully saturated rings. The third-order valence-corrected chi connectivity index (χ3v) is 4.44. The Kier molecular flexibility index (Phi) is 4.72. The summed E-state index contributed by atoms with van der Waals surface area (Å²) in [6.07, 6.45) is 1.39. The van der Waals surface area contributed by atoms with Gasteiger partial charge in [0.1, 0.15) is 0 Å². The zero-order valence-corrected chi connectivity index (χ0v) is 14.7. The molecule has 1 heterocycles. The van der Waals surface area contributed by atoms with Gasteiger partial charge in [0.05, 0.1) is 11.4 Å². The monoisotopic (exact) mass is 351 g/mol. The van der Waals surface area contributed by atoms with Crippen LogP contribution >= 0.6 is 12.2 Å². The Bertz CT molecular complexity index is 877. The van der Waals surface area contributed by atoms with Gasteiger partial charge in [-0.1, -0.05) is 30.3 Å². The van der Waals surface area contributed by atoms with E-state index in [1.54, 1.807) is 24.3 Å². The van der Waals surface area contributed by atoms with Crippen LogP contribution in [-0.4, -0.2) is 23.1 Å². The standard InChI is InChI=1S/C19H17N3O2S/c1-12-7-6-10-16(13(12)2)20-11-15-17(23)21-19(25)22(18(15)24)14-8-4-3-5-9-14/h3-11,15H,1-2H3,(H,21,23,25)/t15-/m1/s1. The highest BCUT2D eigenvalue weighted by Crippen LogP contribution is 2.23. The topological polar surface area (TPSA) is 61.8 Å². The lowest BCUT2D eigenvalue weighted by molar-refractivity contribution is -0.130. The molecule has 2 aromatic carbocycles. The van der Waals surface area contributed by atoms with E-state index in [-0.39, 0.29) is 5.11 Å². The zero-order valence-electron chi connectivity index (χ0n) is 13.9. The number of rotatable bonds is 3. The van der Waals surface area contributed by atoms with Crippen LogP contribution in [0.25, 0.3) is 0 Å². The molecule has 0 spiro atoms. The fraction of sp³-hybridized carbons (Fsp3) is 0.158. The minimum Gasteiger partial charge on any atom is -0.301 e. The fourth-order valence-electron chi connectivity index (χ4n) is 2.57. The Hall–Kier alpha value is -2.86. The van der Waals surface area contributed by atoms with Crippen molar-refractivity contribution in [2.45, 2.75) is 13.8 Å². The van der Waals surface area contributed by atoms with Gasteiger partial charge in [0.25, 0.3) is 5.91 Å². The average Bonchev–Trinajstić information content (AvgIpc) is 2.59. The number of anilines is 1. The summed E-state index contributed by atoms with van der Waals surface area (Å²) in [4.78, 5) is 30.7. The molecule has 0 aliphatic carbocycles. The van der Waals surface area contributed by atoms with Gasteiger partial charge in [0.2, 0.25) is 5.91 Å². The average molecular weight is 351 g/mol. The summed E-state index contributed by atoms with van der Waals surface area (Å²) in [6.45, 7) is 3.94. The Morgan fingerprint density at radius 1 is 1.08 bits per heavy atom. The maximum Gasteiger partial charge on any atom is 0.251 e. The lowest BCUT2D eigenvalue weighted by Gasteiger charge is -2.30. The van der Waals surface area contributed by atoms with Crippen molar-refractivity contribution in [1.29, 1.82) is 0 Å². The number of para-hydroxylation sites is 1. The summed E-state index contributed by atoms with van der Waals surface area (Å²) in [7, 11) is 0. The van der Waals surface area contributed by atoms with Crippen LogP contribution in [0.2, 0.25) is 0 Å². The number of carbonyl (C=O) groups excluding carboxylic acids is 2. The number of thiocarbonyl (C=S) groups is 1. The number of amides is 2. The van der Waals surface area contributed by atoms with Crippen LogP contribution < -0.4 is 10.2 Å². The van der Waals surface area contributed by atoms with Crippen molar-refractivity contribution >= 4 is 46.7 Å². The summed E-state index contributed by atoms with van der Waals surface area (Å²) in [5, 5.41) is 2.66. The van der Waals surface area contributed by atoms with Gasteiger partial charge in [0, 0.05) is 6.21 Å².